The molecule has 0 aliphatic rings. The Morgan fingerprint density at radius 1 is 1.14 bits per heavy atom. The number of hydrogen-bond donors (Lipinski definition) is 1. The van der Waals surface area contributed by atoms with Crippen LogP contribution in [0.5, 0.6) is 0 Å². The highest BCUT2D eigenvalue weighted by atomic mass is 16.6. The van der Waals surface area contributed by atoms with Gasteiger partial charge < -0.3 is 5.11 Å². The van der Waals surface area contributed by atoms with Crippen LogP contribution in [0.1, 0.15) is 16.7 Å². The predicted molar refractivity (Wildman–Crippen MR) is 79.8 cm³/mol. The second-order valence-electron chi connectivity index (χ2n) is 4.49. The van der Waals surface area contributed by atoms with Crippen molar-refractivity contribution >= 4 is 23.3 Å². The zero-order valence-corrected chi connectivity index (χ0v) is 11.3. The number of aryl methyl sites for hydroxylation is 1. The SMILES string of the molecule is Cc1ccccc1C(=Cc1ccccc1[N+](=O)[O-])C(=O)O. The van der Waals surface area contributed by atoms with Crippen LogP contribution in [0.15, 0.2) is 48.5 Å². The molecular formula is C16H13NO4. The molecule has 2 aromatic carbocycles. The van der Waals surface area contributed by atoms with Gasteiger partial charge in [0.15, 0.2) is 0 Å². The van der Waals surface area contributed by atoms with Gasteiger partial charge in [-0.1, -0.05) is 36.4 Å². The zero-order chi connectivity index (χ0) is 15.4. The van der Waals surface area contributed by atoms with Gasteiger partial charge in [0.2, 0.25) is 0 Å². The van der Waals surface area contributed by atoms with Crippen molar-refractivity contribution in [2.24, 2.45) is 0 Å². The Bertz CT molecular complexity index is 735. The van der Waals surface area contributed by atoms with Crippen LogP contribution >= 0.6 is 0 Å². The fraction of sp³-hybridized carbons (Fsp3) is 0.0625. The predicted octanol–water partition coefficient (Wildman–Crippen LogP) is 3.53. The summed E-state index contributed by atoms with van der Waals surface area (Å²) >= 11 is 0. The van der Waals surface area contributed by atoms with Crippen LogP contribution in [-0.4, -0.2) is 16.0 Å². The maximum Gasteiger partial charge on any atom is 0.336 e. The third kappa shape index (κ3) is 3.14. The van der Waals surface area contributed by atoms with Crippen molar-refractivity contribution in [2.75, 3.05) is 0 Å². The number of para-hydroxylation sites is 1. The van der Waals surface area contributed by atoms with Crippen molar-refractivity contribution in [3.05, 3.63) is 75.3 Å². The van der Waals surface area contributed by atoms with E-state index < -0.39 is 10.9 Å². The van der Waals surface area contributed by atoms with Crippen LogP contribution in [0.25, 0.3) is 11.6 Å². The standard InChI is InChI=1S/C16H13NO4/c1-11-6-2-4-8-13(11)14(16(18)19)10-12-7-3-5-9-15(12)17(20)21/h2-10H,1H3,(H,18,19). The molecule has 0 aromatic heterocycles. The van der Waals surface area contributed by atoms with Crippen molar-refractivity contribution in [1.29, 1.82) is 0 Å². The van der Waals surface area contributed by atoms with Gasteiger partial charge in [-0.25, -0.2) is 4.79 Å². The third-order valence-electron chi connectivity index (χ3n) is 3.10. The molecule has 2 rings (SSSR count). The highest BCUT2D eigenvalue weighted by Gasteiger charge is 2.16. The Hall–Kier alpha value is -2.95. The molecule has 0 aliphatic carbocycles. The maximum atomic E-state index is 11.5. The minimum atomic E-state index is -1.12. The summed E-state index contributed by atoms with van der Waals surface area (Å²) in [6.07, 6.45) is 1.34. The summed E-state index contributed by atoms with van der Waals surface area (Å²) in [5.74, 6) is -1.12. The van der Waals surface area contributed by atoms with Crippen molar-refractivity contribution in [1.82, 2.24) is 0 Å². The van der Waals surface area contributed by atoms with Crippen LogP contribution in [0.4, 0.5) is 5.69 Å². The molecule has 5 heteroatoms. The van der Waals surface area contributed by atoms with E-state index in [1.54, 1.807) is 37.3 Å². The number of rotatable bonds is 4. The monoisotopic (exact) mass is 283 g/mol. The van der Waals surface area contributed by atoms with Crippen LogP contribution < -0.4 is 0 Å². The highest BCUT2D eigenvalue weighted by Crippen LogP contribution is 2.26. The molecule has 0 spiro atoms. The summed E-state index contributed by atoms with van der Waals surface area (Å²) in [6, 6.07) is 13.1. The quantitative estimate of drug-likeness (QED) is 0.403. The molecule has 1 N–H and O–H groups in total. The first kappa shape index (κ1) is 14.5. The number of hydrogen-bond acceptors (Lipinski definition) is 3. The second-order valence-corrected chi connectivity index (χ2v) is 4.49. The van der Waals surface area contributed by atoms with Gasteiger partial charge in [-0.15, -0.1) is 0 Å². The maximum absolute atomic E-state index is 11.5. The van der Waals surface area contributed by atoms with Crippen molar-refractivity contribution < 1.29 is 14.8 Å². The highest BCUT2D eigenvalue weighted by molar-refractivity contribution is 6.21. The first-order valence-electron chi connectivity index (χ1n) is 6.25. The van der Waals surface area contributed by atoms with E-state index in [1.165, 1.54) is 18.2 Å². The summed E-state index contributed by atoms with van der Waals surface area (Å²) in [5.41, 5.74) is 1.52. The summed E-state index contributed by atoms with van der Waals surface area (Å²) in [6.45, 7) is 1.80. The minimum Gasteiger partial charge on any atom is -0.478 e. The van der Waals surface area contributed by atoms with Crippen molar-refractivity contribution in [3.8, 4) is 0 Å². The van der Waals surface area contributed by atoms with Gasteiger partial charge in [-0.2, -0.15) is 0 Å². The van der Waals surface area contributed by atoms with E-state index in [0.717, 1.165) is 5.56 Å². The zero-order valence-electron chi connectivity index (χ0n) is 11.3. The lowest BCUT2D eigenvalue weighted by Gasteiger charge is -2.07. The number of nitro benzene ring substituents is 1. The fourth-order valence-electron chi connectivity index (χ4n) is 2.06. The number of carboxylic acid groups (broad SMARTS) is 1. The van der Waals surface area contributed by atoms with Gasteiger partial charge in [-0.3, -0.25) is 10.1 Å². The van der Waals surface area contributed by atoms with E-state index >= 15 is 0 Å². The summed E-state index contributed by atoms with van der Waals surface area (Å²) in [7, 11) is 0. The second kappa shape index (κ2) is 6.00. The van der Waals surface area contributed by atoms with Gasteiger partial charge >= 0.3 is 5.97 Å². The first-order valence-corrected chi connectivity index (χ1v) is 6.25. The minimum absolute atomic E-state index is 0.0300. The summed E-state index contributed by atoms with van der Waals surface area (Å²) < 4.78 is 0. The number of carbonyl (C=O) groups is 1. The smallest absolute Gasteiger partial charge is 0.336 e. The average molecular weight is 283 g/mol. The Labute approximate surface area is 121 Å². The molecule has 0 atom stereocenters. The molecular weight excluding hydrogens is 270 g/mol. The normalized spacial score (nSPS) is 11.2. The van der Waals surface area contributed by atoms with Gasteiger partial charge in [0.1, 0.15) is 0 Å². The lowest BCUT2D eigenvalue weighted by molar-refractivity contribution is -0.385. The molecule has 0 unspecified atom stereocenters. The molecule has 0 saturated carbocycles. The largest absolute Gasteiger partial charge is 0.478 e. The Balaban J connectivity index is 2.62. The van der Waals surface area contributed by atoms with Crippen molar-refractivity contribution in [2.45, 2.75) is 6.92 Å². The molecule has 0 radical (unpaired) electrons. The first-order chi connectivity index (χ1) is 10.0. The lowest BCUT2D eigenvalue weighted by Crippen LogP contribution is -2.02. The van der Waals surface area contributed by atoms with E-state index in [2.05, 4.69) is 0 Å². The van der Waals surface area contributed by atoms with Gasteiger partial charge in [-0.05, 0) is 30.2 Å². The van der Waals surface area contributed by atoms with E-state index in [-0.39, 0.29) is 16.8 Å². The molecule has 2 aromatic rings. The van der Waals surface area contributed by atoms with Crippen LogP contribution in [0.2, 0.25) is 0 Å². The Morgan fingerprint density at radius 3 is 2.38 bits per heavy atom. The van der Waals surface area contributed by atoms with Crippen LogP contribution in [0.3, 0.4) is 0 Å². The van der Waals surface area contributed by atoms with E-state index in [9.17, 15) is 20.0 Å². The number of nitrogens with zero attached hydrogens (tertiary/aromatic N) is 1. The number of carboxylic acids is 1. The topological polar surface area (TPSA) is 80.4 Å². The molecule has 0 fully saturated rings. The number of aliphatic carboxylic acids is 1. The molecule has 5 nitrogen and oxygen atoms in total. The van der Waals surface area contributed by atoms with Crippen LogP contribution in [0, 0.1) is 17.0 Å². The molecule has 106 valence electrons. The molecule has 0 heterocycles. The van der Waals surface area contributed by atoms with E-state index in [1.807, 2.05) is 6.07 Å². The molecule has 21 heavy (non-hydrogen) atoms. The summed E-state index contributed by atoms with van der Waals surface area (Å²) in [4.78, 5) is 22.0. The lowest BCUT2D eigenvalue weighted by atomic mass is 9.98. The van der Waals surface area contributed by atoms with E-state index in [4.69, 9.17) is 0 Å². The number of benzene rings is 2. The fourth-order valence-corrected chi connectivity index (χ4v) is 2.06. The molecule has 0 amide bonds. The number of nitro groups is 1. The summed E-state index contributed by atoms with van der Waals surface area (Å²) in [5, 5.41) is 20.4. The molecule has 0 aliphatic heterocycles. The molecule has 0 saturated heterocycles. The van der Waals surface area contributed by atoms with E-state index in [0.29, 0.717) is 5.56 Å². The average Bonchev–Trinajstić information content (AvgIpc) is 2.45. The third-order valence-corrected chi connectivity index (χ3v) is 3.10. The Morgan fingerprint density at radius 2 is 1.76 bits per heavy atom. The van der Waals surface area contributed by atoms with Gasteiger partial charge in [0, 0.05) is 6.07 Å². The Kier molecular flexibility index (Phi) is 4.13. The molecule has 0 bridgehead atoms. The van der Waals surface area contributed by atoms with Crippen LogP contribution in [-0.2, 0) is 4.79 Å². The van der Waals surface area contributed by atoms with Gasteiger partial charge in [0.25, 0.3) is 5.69 Å². The van der Waals surface area contributed by atoms with Gasteiger partial charge in [0.05, 0.1) is 16.1 Å². The van der Waals surface area contributed by atoms with Crippen molar-refractivity contribution in [3.63, 3.8) is 0 Å².